The van der Waals surface area contributed by atoms with E-state index in [4.69, 9.17) is 11.1 Å². The Morgan fingerprint density at radius 2 is 1.82 bits per heavy atom. The van der Waals surface area contributed by atoms with E-state index in [0.717, 1.165) is 5.39 Å². The summed E-state index contributed by atoms with van der Waals surface area (Å²) in [6.07, 6.45) is 1.61. The molecule has 4 N–H and O–H groups in total. The van der Waals surface area contributed by atoms with Crippen LogP contribution < -0.4 is 5.73 Å². The highest BCUT2D eigenvalue weighted by Crippen LogP contribution is 2.34. The second kappa shape index (κ2) is 5.61. The standard InChI is InChI=1S/C16H13N5O/c17-16(18)11-3-6-12(7-4-11)20-21-13-8-5-10-2-1-9-19-14(10)15(13)22/h1-9,22H,(H3,17,18). The van der Waals surface area contributed by atoms with Gasteiger partial charge >= 0.3 is 0 Å². The quantitative estimate of drug-likeness (QED) is 0.389. The molecule has 6 nitrogen and oxygen atoms in total. The second-order valence-electron chi connectivity index (χ2n) is 4.67. The highest BCUT2D eigenvalue weighted by atomic mass is 16.3. The molecule has 0 saturated heterocycles. The molecule has 6 heteroatoms. The maximum Gasteiger partial charge on any atom is 0.169 e. The van der Waals surface area contributed by atoms with E-state index in [0.29, 0.717) is 22.5 Å². The van der Waals surface area contributed by atoms with Crippen molar-refractivity contribution in [1.82, 2.24) is 4.98 Å². The Labute approximate surface area is 126 Å². The molecule has 0 fully saturated rings. The third-order valence-corrected chi connectivity index (χ3v) is 3.18. The van der Waals surface area contributed by atoms with Crippen LogP contribution in [0.2, 0.25) is 0 Å². The Hall–Kier alpha value is -3.28. The number of aromatic hydroxyl groups is 1. The number of benzene rings is 2. The second-order valence-corrected chi connectivity index (χ2v) is 4.67. The maximum absolute atomic E-state index is 10.2. The third kappa shape index (κ3) is 2.62. The average Bonchev–Trinajstić information content (AvgIpc) is 2.55. The minimum atomic E-state index is 0.00161. The number of hydrogen-bond donors (Lipinski definition) is 3. The van der Waals surface area contributed by atoms with Gasteiger partial charge in [0.2, 0.25) is 0 Å². The number of nitrogen functional groups attached to an aromatic ring is 1. The molecule has 3 rings (SSSR count). The molecular weight excluding hydrogens is 278 g/mol. The zero-order chi connectivity index (χ0) is 15.5. The van der Waals surface area contributed by atoms with Gasteiger partial charge in [0.05, 0.1) is 5.69 Å². The van der Waals surface area contributed by atoms with Gasteiger partial charge < -0.3 is 10.8 Å². The number of phenols is 1. The number of nitrogens with two attached hydrogens (primary N) is 1. The monoisotopic (exact) mass is 291 g/mol. The Balaban J connectivity index is 1.92. The Morgan fingerprint density at radius 1 is 1.05 bits per heavy atom. The first-order chi connectivity index (χ1) is 10.6. The fourth-order valence-electron chi connectivity index (χ4n) is 2.02. The van der Waals surface area contributed by atoms with Crippen molar-refractivity contribution in [3.05, 3.63) is 60.3 Å². The number of phenolic OH excluding ortho intramolecular Hbond substituents is 1. The lowest BCUT2D eigenvalue weighted by atomic mass is 10.2. The average molecular weight is 291 g/mol. The number of nitrogens with zero attached hydrogens (tertiary/aromatic N) is 3. The normalized spacial score (nSPS) is 11.1. The molecule has 22 heavy (non-hydrogen) atoms. The van der Waals surface area contributed by atoms with Gasteiger partial charge in [-0.2, -0.15) is 5.11 Å². The van der Waals surface area contributed by atoms with Crippen LogP contribution in [0, 0.1) is 5.41 Å². The zero-order valence-electron chi connectivity index (χ0n) is 11.6. The number of hydrogen-bond acceptors (Lipinski definition) is 5. The van der Waals surface area contributed by atoms with Crippen molar-refractivity contribution in [3.8, 4) is 5.75 Å². The minimum Gasteiger partial charge on any atom is -0.504 e. The Bertz CT molecular complexity index is 871. The lowest BCUT2D eigenvalue weighted by Gasteiger charge is -2.02. The van der Waals surface area contributed by atoms with Crippen LogP contribution in [0.1, 0.15) is 5.56 Å². The summed E-state index contributed by atoms with van der Waals surface area (Å²) < 4.78 is 0. The lowest BCUT2D eigenvalue weighted by Crippen LogP contribution is -2.10. The van der Waals surface area contributed by atoms with Crippen LogP contribution >= 0.6 is 0 Å². The fourth-order valence-corrected chi connectivity index (χ4v) is 2.02. The summed E-state index contributed by atoms with van der Waals surface area (Å²) in [4.78, 5) is 4.14. The summed E-state index contributed by atoms with van der Waals surface area (Å²) >= 11 is 0. The van der Waals surface area contributed by atoms with Gasteiger partial charge in [0.25, 0.3) is 0 Å². The van der Waals surface area contributed by atoms with Gasteiger partial charge in [0, 0.05) is 17.1 Å². The smallest absolute Gasteiger partial charge is 0.169 e. The largest absolute Gasteiger partial charge is 0.504 e. The van der Waals surface area contributed by atoms with Crippen molar-refractivity contribution in [2.45, 2.75) is 0 Å². The molecule has 0 unspecified atom stereocenters. The van der Waals surface area contributed by atoms with Crippen LogP contribution in [-0.4, -0.2) is 15.9 Å². The van der Waals surface area contributed by atoms with Gasteiger partial charge in [-0.05, 0) is 36.4 Å². The van der Waals surface area contributed by atoms with Crippen molar-refractivity contribution < 1.29 is 5.11 Å². The molecule has 108 valence electrons. The van der Waals surface area contributed by atoms with Gasteiger partial charge in [-0.15, -0.1) is 5.11 Å². The third-order valence-electron chi connectivity index (χ3n) is 3.18. The molecule has 0 amide bonds. The molecule has 0 bridgehead atoms. The first kappa shape index (κ1) is 13.7. The molecule has 0 radical (unpaired) electrons. The molecule has 1 heterocycles. The van der Waals surface area contributed by atoms with Crippen molar-refractivity contribution in [2.75, 3.05) is 0 Å². The van der Waals surface area contributed by atoms with Crippen molar-refractivity contribution in [2.24, 2.45) is 16.0 Å². The Kier molecular flexibility index (Phi) is 3.49. The molecule has 0 saturated carbocycles. The highest BCUT2D eigenvalue weighted by molar-refractivity contribution is 5.95. The number of amidine groups is 1. The van der Waals surface area contributed by atoms with Gasteiger partial charge in [-0.3, -0.25) is 10.4 Å². The van der Waals surface area contributed by atoms with E-state index in [9.17, 15) is 5.11 Å². The summed E-state index contributed by atoms with van der Waals surface area (Å²) in [5.74, 6) is 0.00365. The van der Waals surface area contributed by atoms with Crippen molar-refractivity contribution in [3.63, 3.8) is 0 Å². The predicted molar refractivity (Wildman–Crippen MR) is 85.0 cm³/mol. The molecule has 3 aromatic rings. The van der Waals surface area contributed by atoms with Crippen molar-refractivity contribution >= 4 is 28.1 Å². The summed E-state index contributed by atoms with van der Waals surface area (Å²) in [6.45, 7) is 0. The van der Waals surface area contributed by atoms with Gasteiger partial charge in [0.15, 0.2) is 5.75 Å². The summed E-state index contributed by atoms with van der Waals surface area (Å²) in [6, 6.07) is 14.0. The fraction of sp³-hybridized carbons (Fsp3) is 0. The molecule has 0 aliphatic rings. The molecule has 1 aromatic heterocycles. The number of fused-ring (bicyclic) bond motifs is 1. The van der Waals surface area contributed by atoms with E-state index in [1.807, 2.05) is 12.1 Å². The van der Waals surface area contributed by atoms with Crippen molar-refractivity contribution in [1.29, 1.82) is 5.41 Å². The first-order valence-electron chi connectivity index (χ1n) is 6.58. The van der Waals surface area contributed by atoms with E-state index in [-0.39, 0.29) is 11.6 Å². The lowest BCUT2D eigenvalue weighted by molar-refractivity contribution is 0.481. The van der Waals surface area contributed by atoms with E-state index in [2.05, 4.69) is 15.2 Å². The molecule has 0 aliphatic heterocycles. The molecular formula is C16H13N5O. The van der Waals surface area contributed by atoms with Gasteiger partial charge in [-0.25, -0.2) is 0 Å². The van der Waals surface area contributed by atoms with E-state index >= 15 is 0 Å². The van der Waals surface area contributed by atoms with Gasteiger partial charge in [-0.1, -0.05) is 12.1 Å². The summed E-state index contributed by atoms with van der Waals surface area (Å²) in [5, 5.41) is 26.5. The molecule has 0 spiro atoms. The van der Waals surface area contributed by atoms with Gasteiger partial charge in [0.1, 0.15) is 17.0 Å². The van der Waals surface area contributed by atoms with Crippen LogP contribution in [0.25, 0.3) is 10.9 Å². The van der Waals surface area contributed by atoms with Crippen LogP contribution in [0.5, 0.6) is 5.75 Å². The van der Waals surface area contributed by atoms with E-state index in [1.54, 1.807) is 42.6 Å². The molecule has 2 aromatic carbocycles. The molecule has 0 aliphatic carbocycles. The molecule has 0 atom stereocenters. The number of azo groups is 1. The summed E-state index contributed by atoms with van der Waals surface area (Å²) in [5.41, 5.74) is 7.46. The highest BCUT2D eigenvalue weighted by Gasteiger charge is 2.06. The predicted octanol–water partition coefficient (Wildman–Crippen LogP) is 3.64. The van der Waals surface area contributed by atoms with Crippen LogP contribution in [0.4, 0.5) is 11.4 Å². The van der Waals surface area contributed by atoms with E-state index in [1.165, 1.54) is 0 Å². The number of rotatable bonds is 3. The van der Waals surface area contributed by atoms with Crippen LogP contribution in [0.15, 0.2) is 65.0 Å². The van der Waals surface area contributed by atoms with Crippen LogP contribution in [0.3, 0.4) is 0 Å². The topological polar surface area (TPSA) is 108 Å². The zero-order valence-corrected chi connectivity index (χ0v) is 11.6. The van der Waals surface area contributed by atoms with Crippen LogP contribution in [-0.2, 0) is 0 Å². The minimum absolute atomic E-state index is 0.00161. The van der Waals surface area contributed by atoms with E-state index < -0.39 is 0 Å². The SMILES string of the molecule is N=C(N)c1ccc(N=Nc2ccc3cccnc3c2O)cc1. The number of aromatic nitrogens is 1. The number of nitrogens with one attached hydrogen (secondary N) is 1. The Morgan fingerprint density at radius 3 is 2.55 bits per heavy atom. The first-order valence-corrected chi connectivity index (χ1v) is 6.58. The summed E-state index contributed by atoms with van der Waals surface area (Å²) in [7, 11) is 0. The maximum atomic E-state index is 10.2. The number of pyridine rings is 1.